The van der Waals surface area contributed by atoms with Crippen LogP contribution in [-0.2, 0) is 0 Å². The minimum absolute atomic E-state index is 0.261. The first-order chi connectivity index (χ1) is 16.6. The van der Waals surface area contributed by atoms with E-state index < -0.39 is 0 Å². The van der Waals surface area contributed by atoms with Crippen LogP contribution in [-0.4, -0.2) is 78.8 Å². The van der Waals surface area contributed by atoms with E-state index in [0.717, 1.165) is 62.5 Å². The second-order valence-corrected chi connectivity index (χ2v) is 9.77. The Labute approximate surface area is 200 Å². The number of fused-ring (bicyclic) bond motifs is 2. The Hall–Kier alpha value is -3.41. The second kappa shape index (κ2) is 8.42. The molecule has 1 aromatic carbocycles. The zero-order valence-corrected chi connectivity index (χ0v) is 19.5. The maximum Gasteiger partial charge on any atom is 0.130 e. The standard InChI is InChI=1S/C26H30N8/c1-18-13-32(24-5-4-19(12-27)26-23(24)3-2-7-30-26)17-22-16-31(9-10-34(18)22)21-6-8-29-25(11-21)33-14-20(28)15-33/h2-8,11,18,20,22H,9-10,13-17,28H2,1H3/t18?,22-/m0/s1. The van der Waals surface area contributed by atoms with Gasteiger partial charge in [0.25, 0.3) is 0 Å². The molecule has 2 aromatic heterocycles. The van der Waals surface area contributed by atoms with Crippen molar-refractivity contribution in [1.29, 1.82) is 5.26 Å². The second-order valence-electron chi connectivity index (χ2n) is 9.77. The van der Waals surface area contributed by atoms with Crippen LogP contribution in [0.2, 0.25) is 0 Å². The minimum Gasteiger partial charge on any atom is -0.368 e. The third-order valence-electron chi connectivity index (χ3n) is 7.55. The molecule has 3 aliphatic heterocycles. The van der Waals surface area contributed by atoms with Crippen LogP contribution in [0.3, 0.4) is 0 Å². The van der Waals surface area contributed by atoms with Gasteiger partial charge >= 0.3 is 0 Å². The van der Waals surface area contributed by atoms with Gasteiger partial charge in [0.1, 0.15) is 11.9 Å². The molecule has 3 aliphatic rings. The number of nitriles is 1. The summed E-state index contributed by atoms with van der Waals surface area (Å²) in [4.78, 5) is 19.0. The van der Waals surface area contributed by atoms with Gasteiger partial charge in [0, 0.05) is 99.2 Å². The summed E-state index contributed by atoms with van der Waals surface area (Å²) < 4.78 is 0. The van der Waals surface area contributed by atoms with Gasteiger partial charge in [-0.05, 0) is 37.3 Å². The number of nitrogens with two attached hydrogens (primary N) is 1. The molecule has 174 valence electrons. The van der Waals surface area contributed by atoms with E-state index in [1.165, 1.54) is 11.4 Å². The third kappa shape index (κ3) is 3.61. The molecule has 3 aromatic rings. The van der Waals surface area contributed by atoms with Crippen molar-refractivity contribution in [3.8, 4) is 6.07 Å². The highest BCUT2D eigenvalue weighted by molar-refractivity contribution is 5.95. The number of hydrogen-bond donors (Lipinski definition) is 1. The number of pyridine rings is 2. The quantitative estimate of drug-likeness (QED) is 0.643. The fourth-order valence-electron chi connectivity index (χ4n) is 5.80. The van der Waals surface area contributed by atoms with Crippen LogP contribution < -0.4 is 20.4 Å². The molecule has 0 aliphatic carbocycles. The highest BCUT2D eigenvalue weighted by Gasteiger charge is 2.37. The van der Waals surface area contributed by atoms with Gasteiger partial charge in [-0.15, -0.1) is 0 Å². The summed E-state index contributed by atoms with van der Waals surface area (Å²) in [5.74, 6) is 1.02. The zero-order valence-electron chi connectivity index (χ0n) is 19.5. The molecule has 3 saturated heterocycles. The van der Waals surface area contributed by atoms with Gasteiger partial charge in [-0.1, -0.05) is 0 Å². The third-order valence-corrected chi connectivity index (χ3v) is 7.55. The van der Waals surface area contributed by atoms with Gasteiger partial charge in [0.2, 0.25) is 0 Å². The topological polar surface area (TPSA) is 88.5 Å². The molecule has 0 bridgehead atoms. The highest BCUT2D eigenvalue weighted by Crippen LogP contribution is 2.33. The number of rotatable bonds is 3. The number of hydrogen-bond acceptors (Lipinski definition) is 8. The van der Waals surface area contributed by atoms with Crippen LogP contribution in [0.5, 0.6) is 0 Å². The smallest absolute Gasteiger partial charge is 0.130 e. The first kappa shape index (κ1) is 21.1. The maximum absolute atomic E-state index is 9.53. The maximum atomic E-state index is 9.53. The fourth-order valence-corrected chi connectivity index (χ4v) is 5.80. The first-order valence-electron chi connectivity index (χ1n) is 12.1. The van der Waals surface area contributed by atoms with Crippen molar-refractivity contribution in [3.05, 3.63) is 54.4 Å². The Bertz CT molecular complexity index is 1250. The molecule has 0 saturated carbocycles. The van der Waals surface area contributed by atoms with Crippen molar-refractivity contribution >= 4 is 28.1 Å². The van der Waals surface area contributed by atoms with Gasteiger partial charge in [-0.25, -0.2) is 4.98 Å². The number of nitrogens with zero attached hydrogens (tertiary/aromatic N) is 7. The van der Waals surface area contributed by atoms with E-state index in [-0.39, 0.29) is 6.04 Å². The van der Waals surface area contributed by atoms with Crippen LogP contribution in [0, 0.1) is 11.3 Å². The SMILES string of the molecule is CC1CN(c2ccc(C#N)c3ncccc23)C[C@@H]2CN(c3ccnc(N4CC(N)C4)c3)CCN12. The lowest BCUT2D eigenvalue weighted by atomic mass is 10.0. The summed E-state index contributed by atoms with van der Waals surface area (Å²) in [6.07, 6.45) is 3.69. The van der Waals surface area contributed by atoms with Crippen LogP contribution >= 0.6 is 0 Å². The molecule has 0 amide bonds. The van der Waals surface area contributed by atoms with Crippen molar-refractivity contribution < 1.29 is 0 Å². The van der Waals surface area contributed by atoms with Gasteiger partial charge in [-0.3, -0.25) is 9.88 Å². The van der Waals surface area contributed by atoms with Gasteiger partial charge in [0.05, 0.1) is 11.1 Å². The molecule has 2 N–H and O–H groups in total. The predicted octanol–water partition coefficient (Wildman–Crippen LogP) is 2.05. The fraction of sp³-hybridized carbons (Fsp3) is 0.423. The average molecular weight is 455 g/mol. The van der Waals surface area contributed by atoms with Crippen molar-refractivity contribution in [3.63, 3.8) is 0 Å². The molecular formula is C26H30N8. The van der Waals surface area contributed by atoms with E-state index >= 15 is 0 Å². The summed E-state index contributed by atoms with van der Waals surface area (Å²) in [7, 11) is 0. The lowest BCUT2D eigenvalue weighted by Gasteiger charge is -2.51. The highest BCUT2D eigenvalue weighted by atomic mass is 15.4. The monoisotopic (exact) mass is 454 g/mol. The molecule has 0 spiro atoms. The van der Waals surface area contributed by atoms with Crippen LogP contribution in [0.4, 0.5) is 17.2 Å². The largest absolute Gasteiger partial charge is 0.368 e. The number of anilines is 3. The van der Waals surface area contributed by atoms with E-state index in [0.29, 0.717) is 17.6 Å². The van der Waals surface area contributed by atoms with Crippen molar-refractivity contribution in [2.45, 2.75) is 25.0 Å². The molecule has 6 rings (SSSR count). The Kier molecular flexibility index (Phi) is 5.24. The normalized spacial score (nSPS) is 23.5. The summed E-state index contributed by atoms with van der Waals surface area (Å²) in [6.45, 7) is 9.08. The molecule has 0 radical (unpaired) electrons. The van der Waals surface area contributed by atoms with E-state index in [9.17, 15) is 5.26 Å². The Balaban J connectivity index is 1.25. The van der Waals surface area contributed by atoms with Crippen molar-refractivity contribution in [1.82, 2.24) is 14.9 Å². The molecule has 8 nitrogen and oxygen atoms in total. The van der Waals surface area contributed by atoms with Gasteiger partial charge in [-0.2, -0.15) is 5.26 Å². The minimum atomic E-state index is 0.261. The predicted molar refractivity (Wildman–Crippen MR) is 135 cm³/mol. The van der Waals surface area contributed by atoms with Crippen LogP contribution in [0.15, 0.2) is 48.8 Å². The summed E-state index contributed by atoms with van der Waals surface area (Å²) in [5, 5.41) is 10.6. The summed E-state index contributed by atoms with van der Waals surface area (Å²) in [5.41, 5.74) is 9.81. The average Bonchev–Trinajstić information content (AvgIpc) is 2.86. The van der Waals surface area contributed by atoms with Crippen LogP contribution in [0.25, 0.3) is 10.9 Å². The molecule has 34 heavy (non-hydrogen) atoms. The molecule has 5 heterocycles. The van der Waals surface area contributed by atoms with E-state index in [1.807, 2.05) is 18.3 Å². The lowest BCUT2D eigenvalue weighted by Crippen LogP contribution is -2.65. The molecule has 3 fully saturated rings. The summed E-state index contributed by atoms with van der Waals surface area (Å²) >= 11 is 0. The van der Waals surface area contributed by atoms with Gasteiger partial charge in [0.15, 0.2) is 0 Å². The van der Waals surface area contributed by atoms with Crippen molar-refractivity contribution in [2.75, 3.05) is 60.5 Å². The summed E-state index contributed by atoms with van der Waals surface area (Å²) in [6, 6.07) is 15.8. The Morgan fingerprint density at radius 2 is 1.79 bits per heavy atom. The number of benzene rings is 1. The molecular weight excluding hydrogens is 424 g/mol. The van der Waals surface area contributed by atoms with E-state index in [1.54, 1.807) is 6.20 Å². The number of piperazine rings is 2. The molecule has 1 unspecified atom stereocenters. The Morgan fingerprint density at radius 3 is 2.62 bits per heavy atom. The van der Waals surface area contributed by atoms with E-state index in [2.05, 4.69) is 66.8 Å². The van der Waals surface area contributed by atoms with Crippen molar-refractivity contribution in [2.24, 2.45) is 5.73 Å². The number of aromatic nitrogens is 2. The first-order valence-corrected chi connectivity index (χ1v) is 12.1. The zero-order chi connectivity index (χ0) is 23.2. The van der Waals surface area contributed by atoms with E-state index in [4.69, 9.17) is 5.73 Å². The lowest BCUT2D eigenvalue weighted by molar-refractivity contribution is 0.108. The Morgan fingerprint density at radius 1 is 0.941 bits per heavy atom. The van der Waals surface area contributed by atoms with Gasteiger partial charge < -0.3 is 20.4 Å². The molecule has 2 atom stereocenters. The van der Waals surface area contributed by atoms with Crippen LogP contribution in [0.1, 0.15) is 12.5 Å². The molecule has 8 heteroatoms.